The molecule has 1 fully saturated rings. The van der Waals surface area contributed by atoms with Gasteiger partial charge in [-0.1, -0.05) is 40.2 Å². The van der Waals surface area contributed by atoms with Gasteiger partial charge in [-0.15, -0.1) is 10.2 Å². The van der Waals surface area contributed by atoms with E-state index in [2.05, 4.69) is 37.3 Å². The van der Waals surface area contributed by atoms with Crippen molar-refractivity contribution in [2.75, 3.05) is 12.4 Å². The van der Waals surface area contributed by atoms with Crippen molar-refractivity contribution in [3.05, 3.63) is 57.8 Å². The quantitative estimate of drug-likeness (QED) is 0.269. The molecule has 1 saturated carbocycles. The van der Waals surface area contributed by atoms with E-state index in [1.54, 1.807) is 30.5 Å². The smallest absolute Gasteiger partial charge is 0.278 e. The highest BCUT2D eigenvalue weighted by molar-refractivity contribution is 7.15. The first-order chi connectivity index (χ1) is 16.6. The highest BCUT2D eigenvalue weighted by atomic mass is 35.5. The lowest BCUT2D eigenvalue weighted by Crippen LogP contribution is -2.13. The molecule has 0 aliphatic heterocycles. The molecule has 1 N–H and O–H groups in total. The van der Waals surface area contributed by atoms with Gasteiger partial charge < -0.3 is 9.47 Å². The number of amides is 1. The maximum Gasteiger partial charge on any atom is 0.278 e. The van der Waals surface area contributed by atoms with Crippen LogP contribution in [0.2, 0.25) is 5.15 Å². The molecule has 3 heterocycles. The maximum absolute atomic E-state index is 13.3. The Morgan fingerprint density at radius 3 is 2.85 bits per heavy atom. The number of carbonyl (C=O) groups is 1. The number of anilines is 1. The molecule has 1 aromatic carbocycles. The van der Waals surface area contributed by atoms with E-state index in [-0.39, 0.29) is 11.1 Å². The summed E-state index contributed by atoms with van der Waals surface area (Å²) in [7, 11) is 1.52. The lowest BCUT2D eigenvalue weighted by molar-refractivity contribution is 0.102. The minimum atomic E-state index is -0.372. The first-order valence-electron chi connectivity index (χ1n) is 10.2. The van der Waals surface area contributed by atoms with Crippen molar-refractivity contribution >= 4 is 45.3 Å². The number of halogens is 1. The number of rotatable bonds is 6. The molecule has 1 aliphatic carbocycles. The first-order valence-corrected chi connectivity index (χ1v) is 12.2. The summed E-state index contributed by atoms with van der Waals surface area (Å²) in [4.78, 5) is 21.5. The molecule has 1 aliphatic rings. The average molecular weight is 510 g/mol. The molecule has 0 atom stereocenters. The molecule has 1 amide bonds. The minimum absolute atomic E-state index is 0.261. The number of hydrogen-bond acceptors (Lipinski definition) is 9. The number of ether oxygens (including phenoxy) is 2. The van der Waals surface area contributed by atoms with Gasteiger partial charge >= 0.3 is 0 Å². The van der Waals surface area contributed by atoms with Gasteiger partial charge in [0.25, 0.3) is 11.1 Å². The lowest BCUT2D eigenvalue weighted by Gasteiger charge is -2.14. The van der Waals surface area contributed by atoms with Crippen LogP contribution in [0.4, 0.5) is 5.13 Å². The molecular formula is C23H16ClN5O3S2. The van der Waals surface area contributed by atoms with E-state index in [0.717, 1.165) is 12.8 Å². The molecule has 3 aromatic heterocycles. The van der Waals surface area contributed by atoms with Gasteiger partial charge in [-0.05, 0) is 43.0 Å². The maximum atomic E-state index is 13.3. The summed E-state index contributed by atoms with van der Waals surface area (Å²) < 4.78 is 11.3. The van der Waals surface area contributed by atoms with Gasteiger partial charge in [0.15, 0.2) is 5.01 Å². The Morgan fingerprint density at radius 1 is 1.21 bits per heavy atom. The van der Waals surface area contributed by atoms with Crippen LogP contribution < -0.4 is 14.8 Å². The Morgan fingerprint density at radius 2 is 2.09 bits per heavy atom. The number of benzene rings is 1. The summed E-state index contributed by atoms with van der Waals surface area (Å²) in [5.74, 6) is 7.19. The van der Waals surface area contributed by atoms with Crippen molar-refractivity contribution in [3.8, 4) is 39.7 Å². The van der Waals surface area contributed by atoms with Crippen LogP contribution in [0.25, 0.3) is 11.1 Å². The van der Waals surface area contributed by atoms with E-state index in [4.69, 9.17) is 21.1 Å². The fourth-order valence-corrected chi connectivity index (χ4v) is 4.30. The highest BCUT2D eigenvalue weighted by Crippen LogP contribution is 2.37. The minimum Gasteiger partial charge on any atom is -0.494 e. The van der Waals surface area contributed by atoms with Gasteiger partial charge in [-0.25, -0.2) is 9.97 Å². The molecule has 8 nitrogen and oxygen atoms in total. The summed E-state index contributed by atoms with van der Waals surface area (Å²) in [6, 6.07) is 6.73. The molecule has 0 radical (unpaired) electrons. The molecule has 11 heteroatoms. The molecule has 0 bridgehead atoms. The SMILES string of the molecule is COc1cnc(Cl)cc1-c1cc(Oc2nccs2)ccc1C(=O)Nc1nnc(C#CC2CC2)s1. The standard InChI is InChI=1S/C23H16ClN5O3S2/c1-31-18-12-26-19(24)11-17(18)16-10-14(32-23-25-8-9-33-23)5-6-15(16)21(30)27-22-29-28-20(34-22)7-4-13-2-3-13/h5-6,8-13H,2-3H2,1H3,(H,27,29,30). The van der Waals surface area contributed by atoms with Gasteiger partial charge in [0.2, 0.25) is 5.13 Å². The Bertz CT molecular complexity index is 1410. The number of thiazole rings is 1. The molecule has 5 rings (SSSR count). The zero-order valence-corrected chi connectivity index (χ0v) is 20.1. The van der Waals surface area contributed by atoms with E-state index in [1.807, 2.05) is 5.38 Å². The summed E-state index contributed by atoms with van der Waals surface area (Å²) in [5, 5.41) is 14.4. The Kier molecular flexibility index (Phi) is 6.40. The van der Waals surface area contributed by atoms with Crippen molar-refractivity contribution < 1.29 is 14.3 Å². The van der Waals surface area contributed by atoms with Crippen LogP contribution in [0.3, 0.4) is 0 Å². The van der Waals surface area contributed by atoms with Crippen LogP contribution in [0, 0.1) is 17.8 Å². The number of aromatic nitrogens is 4. The largest absolute Gasteiger partial charge is 0.494 e. The van der Waals surface area contributed by atoms with Crippen LogP contribution in [0.15, 0.2) is 42.0 Å². The van der Waals surface area contributed by atoms with Crippen LogP contribution in [-0.2, 0) is 0 Å². The summed E-state index contributed by atoms with van der Waals surface area (Å²) in [5.41, 5.74) is 1.50. The molecule has 0 saturated heterocycles. The first kappa shape index (κ1) is 22.3. The second kappa shape index (κ2) is 9.77. The molecule has 170 valence electrons. The number of nitrogens with one attached hydrogen (secondary N) is 1. The molecule has 34 heavy (non-hydrogen) atoms. The predicted octanol–water partition coefficient (Wildman–Crippen LogP) is 5.52. The second-order valence-electron chi connectivity index (χ2n) is 7.22. The van der Waals surface area contributed by atoms with Crippen molar-refractivity contribution in [2.45, 2.75) is 12.8 Å². The van der Waals surface area contributed by atoms with E-state index >= 15 is 0 Å². The third-order valence-corrected chi connectivity index (χ3v) is 6.41. The van der Waals surface area contributed by atoms with E-state index in [0.29, 0.717) is 49.4 Å². The Labute approximate surface area is 208 Å². The monoisotopic (exact) mass is 509 g/mol. The highest BCUT2D eigenvalue weighted by Gasteiger charge is 2.20. The average Bonchev–Trinajstić information content (AvgIpc) is 3.33. The Hall–Kier alpha value is -3.52. The van der Waals surface area contributed by atoms with Crippen LogP contribution in [0.5, 0.6) is 16.7 Å². The molecule has 0 unspecified atom stereocenters. The van der Waals surface area contributed by atoms with E-state index in [1.165, 1.54) is 36.0 Å². The number of methoxy groups -OCH3 is 1. The topological polar surface area (TPSA) is 99.1 Å². The van der Waals surface area contributed by atoms with Gasteiger partial charge in [-0.2, -0.15) is 0 Å². The normalized spacial score (nSPS) is 12.5. The Balaban J connectivity index is 1.48. The number of carbonyl (C=O) groups excluding carboxylic acids is 1. The van der Waals surface area contributed by atoms with Crippen molar-refractivity contribution in [1.82, 2.24) is 20.2 Å². The van der Waals surface area contributed by atoms with Crippen LogP contribution >= 0.6 is 34.3 Å². The fraction of sp³-hybridized carbons (Fsp3) is 0.174. The third kappa shape index (κ3) is 5.17. The van der Waals surface area contributed by atoms with E-state index < -0.39 is 0 Å². The van der Waals surface area contributed by atoms with Gasteiger partial charge in [0.05, 0.1) is 13.3 Å². The van der Waals surface area contributed by atoms with Crippen molar-refractivity contribution in [1.29, 1.82) is 0 Å². The van der Waals surface area contributed by atoms with Gasteiger partial charge in [-0.3, -0.25) is 10.1 Å². The van der Waals surface area contributed by atoms with Crippen LogP contribution in [-0.4, -0.2) is 33.2 Å². The summed E-state index contributed by atoms with van der Waals surface area (Å²) in [6.07, 6.45) is 5.41. The van der Waals surface area contributed by atoms with Gasteiger partial charge in [0.1, 0.15) is 16.7 Å². The predicted molar refractivity (Wildman–Crippen MR) is 131 cm³/mol. The zero-order valence-electron chi connectivity index (χ0n) is 17.7. The molecular weight excluding hydrogens is 494 g/mol. The number of nitrogens with zero attached hydrogens (tertiary/aromatic N) is 4. The molecule has 0 spiro atoms. The summed E-state index contributed by atoms with van der Waals surface area (Å²) >= 11 is 8.75. The second-order valence-corrected chi connectivity index (χ2v) is 9.45. The van der Waals surface area contributed by atoms with E-state index in [9.17, 15) is 4.79 Å². The zero-order chi connectivity index (χ0) is 23.5. The fourth-order valence-electron chi connectivity index (χ4n) is 3.04. The molecule has 4 aromatic rings. The van der Waals surface area contributed by atoms with Gasteiger partial charge in [0, 0.05) is 34.2 Å². The van der Waals surface area contributed by atoms with Crippen LogP contribution in [0.1, 0.15) is 28.2 Å². The summed E-state index contributed by atoms with van der Waals surface area (Å²) in [6.45, 7) is 0. The van der Waals surface area contributed by atoms with Crippen molar-refractivity contribution in [3.63, 3.8) is 0 Å². The van der Waals surface area contributed by atoms with Crippen molar-refractivity contribution in [2.24, 2.45) is 5.92 Å². The lowest BCUT2D eigenvalue weighted by atomic mass is 9.99. The third-order valence-electron chi connectivity index (χ3n) is 4.80. The number of hydrogen-bond donors (Lipinski definition) is 1. The number of pyridine rings is 1.